The van der Waals surface area contributed by atoms with E-state index >= 15 is 0 Å². The number of fused-ring (bicyclic) bond motifs is 2. The van der Waals surface area contributed by atoms with Crippen LogP contribution in [0.5, 0.6) is 0 Å². The fourth-order valence-electron chi connectivity index (χ4n) is 5.26. The Labute approximate surface area is 193 Å². The number of nitrogens with zero attached hydrogens (tertiary/aromatic N) is 2. The summed E-state index contributed by atoms with van der Waals surface area (Å²) in [6, 6.07) is 15.2. The van der Waals surface area contributed by atoms with E-state index in [0.29, 0.717) is 17.9 Å². The van der Waals surface area contributed by atoms with Gasteiger partial charge in [-0.3, -0.25) is 4.98 Å². The third-order valence-corrected chi connectivity index (χ3v) is 7.06. The van der Waals surface area contributed by atoms with E-state index in [4.69, 9.17) is 11.6 Å². The van der Waals surface area contributed by atoms with Gasteiger partial charge in [0.15, 0.2) is 0 Å². The maximum absolute atomic E-state index is 13.8. The Bertz CT molecular complexity index is 1250. The molecule has 4 aromatic rings. The minimum Gasteiger partial charge on any atom is -0.367 e. The molecule has 2 heterocycles. The van der Waals surface area contributed by atoms with Crippen molar-refractivity contribution in [1.82, 2.24) is 9.97 Å². The van der Waals surface area contributed by atoms with Crippen molar-refractivity contribution in [3.8, 4) is 0 Å². The van der Waals surface area contributed by atoms with Gasteiger partial charge in [-0.15, -0.1) is 0 Å². The van der Waals surface area contributed by atoms with Crippen molar-refractivity contribution in [3.63, 3.8) is 0 Å². The molecule has 1 N–H and O–H groups in total. The average molecular weight is 448 g/mol. The van der Waals surface area contributed by atoms with Crippen LogP contribution in [0.15, 0.2) is 60.9 Å². The number of halogens is 2. The number of pyridine rings is 2. The van der Waals surface area contributed by atoms with E-state index in [-0.39, 0.29) is 5.82 Å². The smallest absolute Gasteiger partial charge is 0.134 e. The molecule has 2 aromatic carbocycles. The number of rotatable bonds is 5. The second kappa shape index (κ2) is 9.03. The van der Waals surface area contributed by atoms with Gasteiger partial charge in [0, 0.05) is 34.2 Å². The van der Waals surface area contributed by atoms with E-state index in [1.165, 1.54) is 24.5 Å². The number of nitrogens with one attached hydrogen (secondary N) is 1. The molecule has 0 bridgehead atoms. The first-order valence-corrected chi connectivity index (χ1v) is 11.8. The van der Waals surface area contributed by atoms with Crippen molar-refractivity contribution in [2.45, 2.75) is 51.0 Å². The molecule has 3 nitrogen and oxygen atoms in total. The summed E-state index contributed by atoms with van der Waals surface area (Å²) in [5.74, 6) is 1.89. The predicted octanol–water partition coefficient (Wildman–Crippen LogP) is 7.74. The highest BCUT2D eigenvalue weighted by molar-refractivity contribution is 6.31. The van der Waals surface area contributed by atoms with Crippen LogP contribution in [0, 0.1) is 11.7 Å². The van der Waals surface area contributed by atoms with Crippen LogP contribution in [0.25, 0.3) is 21.7 Å². The van der Waals surface area contributed by atoms with Crippen molar-refractivity contribution in [2.24, 2.45) is 5.92 Å². The van der Waals surface area contributed by atoms with Crippen LogP contribution in [0.2, 0.25) is 5.02 Å². The Morgan fingerprint density at radius 1 is 0.969 bits per heavy atom. The maximum Gasteiger partial charge on any atom is 0.134 e. The molecule has 1 aliphatic rings. The number of benzene rings is 2. The Morgan fingerprint density at radius 2 is 1.78 bits per heavy atom. The summed E-state index contributed by atoms with van der Waals surface area (Å²) in [4.78, 5) is 8.98. The molecule has 5 rings (SSSR count). The van der Waals surface area contributed by atoms with E-state index in [1.54, 1.807) is 12.1 Å². The van der Waals surface area contributed by atoms with Gasteiger partial charge in [-0.1, -0.05) is 11.6 Å². The lowest BCUT2D eigenvalue weighted by Gasteiger charge is -2.31. The molecule has 0 unspecified atom stereocenters. The molecule has 1 fully saturated rings. The standard InChI is InChI=1S/C27H27ClFN3/c1-17(32-27-24-8-6-21(28)15-20(24)10-12-31-27)14-18-2-4-19(5-3-18)23-11-13-30-26-9-7-22(29)16-25(23)26/h6-13,15-19H,2-5,14H2,1H3,(H,31,32)/t17-,18-,19+/m1/s1. The van der Waals surface area contributed by atoms with Gasteiger partial charge in [-0.2, -0.15) is 0 Å². The van der Waals surface area contributed by atoms with Crippen molar-refractivity contribution in [1.29, 1.82) is 0 Å². The lowest BCUT2D eigenvalue weighted by molar-refractivity contribution is 0.302. The summed E-state index contributed by atoms with van der Waals surface area (Å²) in [5, 5.41) is 7.53. The van der Waals surface area contributed by atoms with Gasteiger partial charge in [0.2, 0.25) is 0 Å². The zero-order chi connectivity index (χ0) is 22.1. The molecular weight excluding hydrogens is 421 g/mol. The summed E-state index contributed by atoms with van der Waals surface area (Å²) >= 11 is 6.14. The van der Waals surface area contributed by atoms with Gasteiger partial charge >= 0.3 is 0 Å². The Balaban J connectivity index is 1.23. The van der Waals surface area contributed by atoms with Gasteiger partial charge < -0.3 is 5.32 Å². The minimum absolute atomic E-state index is 0.190. The van der Waals surface area contributed by atoms with Crippen molar-refractivity contribution < 1.29 is 4.39 Å². The van der Waals surface area contributed by atoms with Crippen LogP contribution in [0.4, 0.5) is 10.2 Å². The second-order valence-electron chi connectivity index (χ2n) is 9.09. The first-order chi connectivity index (χ1) is 15.6. The predicted molar refractivity (Wildman–Crippen MR) is 131 cm³/mol. The van der Waals surface area contributed by atoms with E-state index < -0.39 is 0 Å². The summed E-state index contributed by atoms with van der Waals surface area (Å²) in [6.07, 6.45) is 9.46. The quantitative estimate of drug-likeness (QED) is 0.340. The Kier molecular flexibility index (Phi) is 5.97. The highest BCUT2D eigenvalue weighted by atomic mass is 35.5. The van der Waals surface area contributed by atoms with E-state index in [1.807, 2.05) is 36.7 Å². The highest BCUT2D eigenvalue weighted by Crippen LogP contribution is 2.40. The van der Waals surface area contributed by atoms with E-state index in [0.717, 1.165) is 51.8 Å². The zero-order valence-corrected chi connectivity index (χ0v) is 18.9. The molecule has 1 atom stereocenters. The van der Waals surface area contributed by atoms with Crippen molar-refractivity contribution in [2.75, 3.05) is 5.32 Å². The van der Waals surface area contributed by atoms with E-state index in [9.17, 15) is 4.39 Å². The lowest BCUT2D eigenvalue weighted by Crippen LogP contribution is -2.23. The molecule has 5 heteroatoms. The topological polar surface area (TPSA) is 37.8 Å². The van der Waals surface area contributed by atoms with Crippen LogP contribution in [-0.4, -0.2) is 16.0 Å². The van der Waals surface area contributed by atoms with Crippen LogP contribution >= 0.6 is 11.6 Å². The van der Waals surface area contributed by atoms with Crippen LogP contribution < -0.4 is 5.32 Å². The summed E-state index contributed by atoms with van der Waals surface area (Å²) in [5.41, 5.74) is 2.13. The summed E-state index contributed by atoms with van der Waals surface area (Å²) < 4.78 is 13.8. The minimum atomic E-state index is -0.190. The molecule has 1 aliphatic carbocycles. The van der Waals surface area contributed by atoms with Gasteiger partial charge in [0.1, 0.15) is 11.6 Å². The lowest BCUT2D eigenvalue weighted by atomic mass is 9.76. The third kappa shape index (κ3) is 4.42. The van der Waals surface area contributed by atoms with Crippen molar-refractivity contribution >= 4 is 39.1 Å². The molecule has 1 saturated carbocycles. The second-order valence-corrected chi connectivity index (χ2v) is 9.52. The van der Waals surface area contributed by atoms with Crippen LogP contribution in [0.3, 0.4) is 0 Å². The normalized spacial score (nSPS) is 19.8. The Morgan fingerprint density at radius 3 is 2.62 bits per heavy atom. The number of hydrogen-bond acceptors (Lipinski definition) is 3. The fourth-order valence-corrected chi connectivity index (χ4v) is 5.44. The van der Waals surface area contributed by atoms with Gasteiger partial charge in [-0.05, 0) is 110 Å². The molecule has 32 heavy (non-hydrogen) atoms. The monoisotopic (exact) mass is 447 g/mol. The fraction of sp³-hybridized carbons (Fsp3) is 0.333. The molecular formula is C27H27ClFN3. The molecule has 2 aromatic heterocycles. The van der Waals surface area contributed by atoms with Gasteiger partial charge in [-0.25, -0.2) is 9.37 Å². The molecule has 0 aliphatic heterocycles. The van der Waals surface area contributed by atoms with Gasteiger partial charge in [0.05, 0.1) is 5.52 Å². The van der Waals surface area contributed by atoms with E-state index in [2.05, 4.69) is 28.3 Å². The Hall–Kier alpha value is -2.72. The molecule has 0 amide bonds. The highest BCUT2D eigenvalue weighted by Gasteiger charge is 2.25. The number of hydrogen-bond donors (Lipinski definition) is 1. The largest absolute Gasteiger partial charge is 0.367 e. The number of anilines is 1. The SMILES string of the molecule is C[C@H](C[C@H]1CC[C@@H](c2ccnc3ccc(F)cc32)CC1)Nc1nccc2cc(Cl)ccc12. The number of aromatic nitrogens is 2. The van der Waals surface area contributed by atoms with Crippen LogP contribution in [-0.2, 0) is 0 Å². The molecule has 0 saturated heterocycles. The summed E-state index contributed by atoms with van der Waals surface area (Å²) in [6.45, 7) is 2.24. The van der Waals surface area contributed by atoms with Crippen molar-refractivity contribution in [3.05, 3.63) is 77.3 Å². The maximum atomic E-state index is 13.8. The van der Waals surface area contributed by atoms with Gasteiger partial charge in [0.25, 0.3) is 0 Å². The van der Waals surface area contributed by atoms with Crippen LogP contribution in [0.1, 0.15) is 50.5 Å². The molecule has 0 radical (unpaired) electrons. The first-order valence-electron chi connectivity index (χ1n) is 11.4. The summed E-state index contributed by atoms with van der Waals surface area (Å²) in [7, 11) is 0. The molecule has 0 spiro atoms. The average Bonchev–Trinajstić information content (AvgIpc) is 2.79. The molecule has 164 valence electrons. The first kappa shape index (κ1) is 21.1. The zero-order valence-electron chi connectivity index (χ0n) is 18.2. The third-order valence-electron chi connectivity index (χ3n) is 6.82.